The molecular weight excluding hydrogens is 356 g/mol. The molecule has 1 aliphatic heterocycles. The number of fused-ring (bicyclic) bond motifs is 1. The largest absolute Gasteiger partial charge is 0.459 e. The number of para-hydroxylation sites is 1. The Labute approximate surface area is 162 Å². The van der Waals surface area contributed by atoms with Gasteiger partial charge in [0.1, 0.15) is 17.4 Å². The molecule has 3 amide bonds. The summed E-state index contributed by atoms with van der Waals surface area (Å²) >= 11 is 0. The SMILES string of the molecule is O=C(CCN1C(=O)CCC1=O)NC(c1ccccc1)c1cc2ccccc2o1. The molecule has 2 aromatic carbocycles. The van der Waals surface area contributed by atoms with E-state index in [0.717, 1.165) is 21.4 Å². The highest BCUT2D eigenvalue weighted by atomic mass is 16.3. The number of benzene rings is 2. The minimum Gasteiger partial charge on any atom is -0.459 e. The lowest BCUT2D eigenvalue weighted by atomic mass is 10.0. The van der Waals surface area contributed by atoms with Gasteiger partial charge in [-0.3, -0.25) is 19.3 Å². The number of carbonyl (C=O) groups is 3. The molecule has 1 aliphatic rings. The van der Waals surface area contributed by atoms with Crippen LogP contribution in [-0.2, 0) is 14.4 Å². The Morgan fingerprint density at radius 2 is 1.68 bits per heavy atom. The van der Waals surface area contributed by atoms with Gasteiger partial charge in [-0.1, -0.05) is 48.5 Å². The minimum atomic E-state index is -0.453. The monoisotopic (exact) mass is 376 g/mol. The van der Waals surface area contributed by atoms with Gasteiger partial charge in [-0.25, -0.2) is 0 Å². The van der Waals surface area contributed by atoms with Gasteiger partial charge >= 0.3 is 0 Å². The summed E-state index contributed by atoms with van der Waals surface area (Å²) in [5, 5.41) is 3.94. The number of nitrogens with zero attached hydrogens (tertiary/aromatic N) is 1. The van der Waals surface area contributed by atoms with E-state index in [1.54, 1.807) is 0 Å². The molecule has 0 radical (unpaired) electrons. The number of likely N-dealkylation sites (tertiary alicyclic amines) is 1. The van der Waals surface area contributed by atoms with Crippen molar-refractivity contribution in [3.05, 3.63) is 72.0 Å². The van der Waals surface area contributed by atoms with Crippen molar-refractivity contribution >= 4 is 28.7 Å². The van der Waals surface area contributed by atoms with E-state index in [-0.39, 0.29) is 43.5 Å². The van der Waals surface area contributed by atoms with E-state index in [9.17, 15) is 14.4 Å². The molecule has 6 heteroatoms. The first-order chi connectivity index (χ1) is 13.6. The summed E-state index contributed by atoms with van der Waals surface area (Å²) in [5.41, 5.74) is 1.64. The van der Waals surface area contributed by atoms with Crippen LogP contribution in [0.3, 0.4) is 0 Å². The number of hydrogen-bond acceptors (Lipinski definition) is 4. The quantitative estimate of drug-likeness (QED) is 0.670. The molecule has 0 aliphatic carbocycles. The van der Waals surface area contributed by atoms with Crippen molar-refractivity contribution in [2.24, 2.45) is 0 Å². The van der Waals surface area contributed by atoms with E-state index in [1.165, 1.54) is 0 Å². The molecule has 1 atom stereocenters. The van der Waals surface area contributed by atoms with Gasteiger partial charge in [-0.05, 0) is 17.7 Å². The summed E-state index contributed by atoms with van der Waals surface area (Å²) in [6.07, 6.45) is 0.513. The van der Waals surface area contributed by atoms with E-state index in [2.05, 4.69) is 5.32 Å². The van der Waals surface area contributed by atoms with Crippen molar-refractivity contribution < 1.29 is 18.8 Å². The Balaban J connectivity index is 1.53. The maximum atomic E-state index is 12.6. The van der Waals surface area contributed by atoms with E-state index < -0.39 is 6.04 Å². The van der Waals surface area contributed by atoms with Gasteiger partial charge in [0, 0.05) is 31.2 Å². The number of carbonyl (C=O) groups excluding carboxylic acids is 3. The van der Waals surface area contributed by atoms with Crippen LogP contribution in [0, 0.1) is 0 Å². The van der Waals surface area contributed by atoms with Crippen LogP contribution in [-0.4, -0.2) is 29.2 Å². The van der Waals surface area contributed by atoms with Crippen LogP contribution in [0.5, 0.6) is 0 Å². The van der Waals surface area contributed by atoms with Crippen LogP contribution in [0.1, 0.15) is 36.6 Å². The van der Waals surface area contributed by atoms with E-state index in [4.69, 9.17) is 4.42 Å². The molecule has 2 heterocycles. The van der Waals surface area contributed by atoms with Crippen molar-refractivity contribution in [1.82, 2.24) is 10.2 Å². The maximum Gasteiger partial charge on any atom is 0.229 e. The van der Waals surface area contributed by atoms with Crippen LogP contribution < -0.4 is 5.32 Å². The van der Waals surface area contributed by atoms with Crippen molar-refractivity contribution in [3.8, 4) is 0 Å². The van der Waals surface area contributed by atoms with Crippen molar-refractivity contribution in [1.29, 1.82) is 0 Å². The standard InChI is InChI=1S/C22H20N2O4/c25-19(12-13-24-20(26)10-11-21(24)27)23-22(15-6-2-1-3-7-15)18-14-16-8-4-5-9-17(16)28-18/h1-9,14,22H,10-13H2,(H,23,25). The third kappa shape index (κ3) is 3.67. The lowest BCUT2D eigenvalue weighted by Gasteiger charge is -2.18. The molecule has 1 aromatic heterocycles. The second-order valence-electron chi connectivity index (χ2n) is 6.79. The van der Waals surface area contributed by atoms with Crippen molar-refractivity contribution in [3.63, 3.8) is 0 Å². The van der Waals surface area contributed by atoms with Crippen LogP contribution in [0.15, 0.2) is 65.1 Å². The molecular formula is C22H20N2O4. The number of rotatable bonds is 6. The summed E-state index contributed by atoms with van der Waals surface area (Å²) in [6.45, 7) is 0.102. The zero-order valence-corrected chi connectivity index (χ0v) is 15.3. The average Bonchev–Trinajstić information content (AvgIpc) is 3.28. The number of amides is 3. The van der Waals surface area contributed by atoms with Gasteiger partial charge in [0.15, 0.2) is 0 Å². The fourth-order valence-electron chi connectivity index (χ4n) is 3.43. The van der Waals surface area contributed by atoms with Gasteiger partial charge in [0.2, 0.25) is 17.7 Å². The lowest BCUT2D eigenvalue weighted by molar-refractivity contribution is -0.138. The predicted molar refractivity (Wildman–Crippen MR) is 103 cm³/mol. The first-order valence-corrected chi connectivity index (χ1v) is 9.28. The van der Waals surface area contributed by atoms with E-state index in [1.807, 2.05) is 60.7 Å². The molecule has 3 aromatic rings. The van der Waals surface area contributed by atoms with Gasteiger partial charge in [-0.15, -0.1) is 0 Å². The highest BCUT2D eigenvalue weighted by Gasteiger charge is 2.29. The average molecular weight is 376 g/mol. The van der Waals surface area contributed by atoms with Crippen LogP contribution in [0.2, 0.25) is 0 Å². The summed E-state index contributed by atoms with van der Waals surface area (Å²) in [6, 6.07) is 18.7. The topological polar surface area (TPSA) is 79.6 Å². The molecule has 1 saturated heterocycles. The first kappa shape index (κ1) is 18.0. The summed E-state index contributed by atoms with van der Waals surface area (Å²) in [4.78, 5) is 37.2. The third-order valence-electron chi connectivity index (χ3n) is 4.88. The molecule has 142 valence electrons. The number of imide groups is 1. The van der Waals surface area contributed by atoms with E-state index >= 15 is 0 Å². The Hall–Kier alpha value is -3.41. The highest BCUT2D eigenvalue weighted by molar-refractivity contribution is 6.02. The van der Waals surface area contributed by atoms with Crippen LogP contribution in [0.4, 0.5) is 0 Å². The zero-order valence-electron chi connectivity index (χ0n) is 15.3. The van der Waals surface area contributed by atoms with Gasteiger partial charge in [0.25, 0.3) is 0 Å². The Kier molecular flexibility index (Phi) is 4.93. The maximum absolute atomic E-state index is 12.6. The molecule has 28 heavy (non-hydrogen) atoms. The van der Waals surface area contributed by atoms with E-state index in [0.29, 0.717) is 5.76 Å². The predicted octanol–water partition coefficient (Wildman–Crippen LogP) is 3.18. The first-order valence-electron chi connectivity index (χ1n) is 9.28. The number of nitrogens with one attached hydrogen (secondary N) is 1. The van der Waals surface area contributed by atoms with Crippen molar-refractivity contribution in [2.75, 3.05) is 6.54 Å². The van der Waals surface area contributed by atoms with Crippen molar-refractivity contribution in [2.45, 2.75) is 25.3 Å². The Morgan fingerprint density at radius 1 is 1.00 bits per heavy atom. The summed E-state index contributed by atoms with van der Waals surface area (Å²) in [5.74, 6) is -0.0414. The lowest BCUT2D eigenvalue weighted by Crippen LogP contribution is -2.35. The van der Waals surface area contributed by atoms with Gasteiger partial charge in [-0.2, -0.15) is 0 Å². The molecule has 6 nitrogen and oxygen atoms in total. The third-order valence-corrected chi connectivity index (χ3v) is 4.88. The number of furan rings is 1. The highest BCUT2D eigenvalue weighted by Crippen LogP contribution is 2.28. The van der Waals surface area contributed by atoms with Gasteiger partial charge in [0.05, 0.1) is 0 Å². The Morgan fingerprint density at radius 3 is 2.39 bits per heavy atom. The van der Waals surface area contributed by atoms with Gasteiger partial charge < -0.3 is 9.73 Å². The second kappa shape index (κ2) is 7.68. The smallest absolute Gasteiger partial charge is 0.229 e. The van der Waals surface area contributed by atoms with Crippen LogP contribution >= 0.6 is 0 Å². The molecule has 1 N–H and O–H groups in total. The zero-order chi connectivity index (χ0) is 19.5. The molecule has 1 unspecified atom stereocenters. The number of hydrogen-bond donors (Lipinski definition) is 1. The molecule has 0 bridgehead atoms. The minimum absolute atomic E-state index is 0.0566. The summed E-state index contributed by atoms with van der Waals surface area (Å²) < 4.78 is 5.96. The molecule has 4 rings (SSSR count). The Bertz CT molecular complexity index is 976. The molecule has 0 spiro atoms. The van der Waals surface area contributed by atoms with Crippen LogP contribution in [0.25, 0.3) is 11.0 Å². The fourth-order valence-corrected chi connectivity index (χ4v) is 3.43. The molecule has 0 saturated carbocycles. The fraction of sp³-hybridized carbons (Fsp3) is 0.227. The second-order valence-corrected chi connectivity index (χ2v) is 6.79. The normalized spacial score (nSPS) is 15.2. The summed E-state index contributed by atoms with van der Waals surface area (Å²) in [7, 11) is 0. The molecule has 1 fully saturated rings.